The lowest BCUT2D eigenvalue weighted by Gasteiger charge is -2.29. The van der Waals surface area contributed by atoms with Crippen LogP contribution < -0.4 is 9.62 Å². The fraction of sp³-hybridized carbons (Fsp3) is 0.467. The highest BCUT2D eigenvalue weighted by Gasteiger charge is 2.22. The average Bonchev–Trinajstić information content (AvgIpc) is 3.06. The van der Waals surface area contributed by atoms with Crippen molar-refractivity contribution in [3.8, 4) is 0 Å². The first-order chi connectivity index (χ1) is 11.6. The number of hydrogen-bond acceptors (Lipinski definition) is 6. The van der Waals surface area contributed by atoms with Gasteiger partial charge in [0.1, 0.15) is 0 Å². The molecule has 9 heteroatoms. The highest BCUT2D eigenvalue weighted by atomic mass is 32.2. The minimum absolute atomic E-state index is 0.00716. The molecule has 1 fully saturated rings. The molecule has 0 amide bonds. The third-order valence-electron chi connectivity index (χ3n) is 3.71. The van der Waals surface area contributed by atoms with Crippen molar-refractivity contribution >= 4 is 21.5 Å². The normalized spacial score (nSPS) is 15.5. The summed E-state index contributed by atoms with van der Waals surface area (Å²) in [5.41, 5.74) is 0.449. The monoisotopic (exact) mass is 351 g/mol. The third-order valence-corrected chi connectivity index (χ3v) is 4.96. The number of morpholine rings is 1. The van der Waals surface area contributed by atoms with Gasteiger partial charge in [-0.05, 0) is 18.6 Å². The molecule has 0 aromatic carbocycles. The summed E-state index contributed by atoms with van der Waals surface area (Å²) in [4.78, 5) is 10.3. The number of ether oxygens (including phenoxy) is 1. The molecule has 0 radical (unpaired) electrons. The van der Waals surface area contributed by atoms with Crippen LogP contribution in [0.3, 0.4) is 0 Å². The number of aromatic nitrogens is 3. The lowest BCUT2D eigenvalue weighted by molar-refractivity contribution is 0.122. The second-order valence-corrected chi connectivity index (χ2v) is 7.16. The minimum atomic E-state index is -3.75. The van der Waals surface area contributed by atoms with Gasteiger partial charge in [0.25, 0.3) is 10.0 Å². The van der Waals surface area contributed by atoms with Crippen molar-refractivity contribution in [2.24, 2.45) is 0 Å². The highest BCUT2D eigenvalue weighted by molar-refractivity contribution is 7.92. The number of nitrogens with zero attached hydrogens (tertiary/aromatic N) is 4. The Morgan fingerprint density at radius 1 is 1.29 bits per heavy atom. The first-order valence-electron chi connectivity index (χ1n) is 7.92. The summed E-state index contributed by atoms with van der Waals surface area (Å²) in [6.45, 7) is 5.31. The molecule has 1 saturated heterocycles. The maximum absolute atomic E-state index is 12.6. The van der Waals surface area contributed by atoms with E-state index in [1.165, 1.54) is 12.5 Å². The summed E-state index contributed by atoms with van der Waals surface area (Å²) in [6.07, 6.45) is 5.63. The molecule has 3 rings (SSSR count). The van der Waals surface area contributed by atoms with E-state index in [1.807, 2.05) is 11.8 Å². The van der Waals surface area contributed by atoms with Gasteiger partial charge < -0.3 is 14.2 Å². The SMILES string of the molecule is CCCn1cnc(S(=O)(=O)Nc2cccnc2N2CCOCC2)c1. The number of rotatable bonds is 6. The first kappa shape index (κ1) is 16.7. The second kappa shape index (κ2) is 7.18. The molecule has 24 heavy (non-hydrogen) atoms. The van der Waals surface area contributed by atoms with Crippen LogP contribution in [0.15, 0.2) is 35.9 Å². The number of imidazole rings is 1. The van der Waals surface area contributed by atoms with Gasteiger partial charge in [-0.2, -0.15) is 8.42 Å². The van der Waals surface area contributed by atoms with Gasteiger partial charge in [-0.15, -0.1) is 0 Å². The van der Waals surface area contributed by atoms with E-state index in [4.69, 9.17) is 4.74 Å². The van der Waals surface area contributed by atoms with Gasteiger partial charge in [-0.25, -0.2) is 9.97 Å². The number of anilines is 2. The van der Waals surface area contributed by atoms with Gasteiger partial charge in [-0.1, -0.05) is 6.92 Å². The summed E-state index contributed by atoms with van der Waals surface area (Å²) in [7, 11) is -3.75. The summed E-state index contributed by atoms with van der Waals surface area (Å²) < 4.78 is 34.9. The molecule has 1 aliphatic heterocycles. The Hall–Kier alpha value is -2.13. The molecule has 0 saturated carbocycles. The quantitative estimate of drug-likeness (QED) is 0.844. The second-order valence-electron chi connectivity index (χ2n) is 5.53. The van der Waals surface area contributed by atoms with Gasteiger partial charge in [0.2, 0.25) is 0 Å². The van der Waals surface area contributed by atoms with Gasteiger partial charge in [-0.3, -0.25) is 4.72 Å². The fourth-order valence-corrected chi connectivity index (χ4v) is 3.57. The standard InChI is InChI=1S/C15H21N5O3S/c1-2-6-19-11-14(17-12-19)24(21,22)18-13-4-3-5-16-15(13)20-7-9-23-10-8-20/h3-5,11-12,18H,2,6-10H2,1H3. The van der Waals surface area contributed by atoms with Crippen LogP contribution in [0.25, 0.3) is 0 Å². The Kier molecular flexibility index (Phi) is 5.00. The van der Waals surface area contributed by atoms with Gasteiger partial charge >= 0.3 is 0 Å². The maximum atomic E-state index is 12.6. The predicted molar refractivity (Wildman–Crippen MR) is 90.6 cm³/mol. The molecule has 1 aliphatic rings. The minimum Gasteiger partial charge on any atom is -0.378 e. The van der Waals surface area contributed by atoms with Crippen molar-refractivity contribution in [1.29, 1.82) is 0 Å². The van der Waals surface area contributed by atoms with Crippen LogP contribution in [-0.4, -0.2) is 49.3 Å². The van der Waals surface area contributed by atoms with E-state index < -0.39 is 10.0 Å². The number of sulfonamides is 1. The number of nitrogens with one attached hydrogen (secondary N) is 1. The summed E-state index contributed by atoms with van der Waals surface area (Å²) in [5.74, 6) is 0.609. The van der Waals surface area contributed by atoms with Crippen LogP contribution in [0.4, 0.5) is 11.5 Å². The van der Waals surface area contributed by atoms with Crippen molar-refractivity contribution < 1.29 is 13.2 Å². The van der Waals surface area contributed by atoms with E-state index >= 15 is 0 Å². The molecule has 0 aliphatic carbocycles. The topological polar surface area (TPSA) is 89.3 Å². The van der Waals surface area contributed by atoms with E-state index in [9.17, 15) is 8.42 Å². The van der Waals surface area contributed by atoms with Crippen LogP contribution in [0.5, 0.6) is 0 Å². The number of hydrogen-bond donors (Lipinski definition) is 1. The van der Waals surface area contributed by atoms with Crippen LogP contribution in [0.2, 0.25) is 0 Å². The Morgan fingerprint density at radius 2 is 2.08 bits per heavy atom. The lowest BCUT2D eigenvalue weighted by Crippen LogP contribution is -2.37. The maximum Gasteiger partial charge on any atom is 0.281 e. The molecule has 0 atom stereocenters. The third kappa shape index (κ3) is 3.68. The largest absolute Gasteiger partial charge is 0.378 e. The molecule has 1 N–H and O–H groups in total. The highest BCUT2D eigenvalue weighted by Crippen LogP contribution is 2.25. The number of aryl methyl sites for hydroxylation is 1. The predicted octanol–water partition coefficient (Wildman–Crippen LogP) is 1.33. The van der Waals surface area contributed by atoms with E-state index in [1.54, 1.807) is 22.9 Å². The van der Waals surface area contributed by atoms with Crippen molar-refractivity contribution in [2.75, 3.05) is 35.9 Å². The van der Waals surface area contributed by atoms with Crippen molar-refractivity contribution in [2.45, 2.75) is 24.9 Å². The zero-order valence-corrected chi connectivity index (χ0v) is 14.4. The smallest absolute Gasteiger partial charge is 0.281 e. The molecule has 130 valence electrons. The average molecular weight is 351 g/mol. The molecule has 2 aromatic rings. The van der Waals surface area contributed by atoms with Crippen molar-refractivity contribution in [1.82, 2.24) is 14.5 Å². The van der Waals surface area contributed by atoms with E-state index in [0.29, 0.717) is 37.8 Å². The zero-order chi connectivity index (χ0) is 17.0. The molecular weight excluding hydrogens is 330 g/mol. The zero-order valence-electron chi connectivity index (χ0n) is 13.6. The van der Waals surface area contributed by atoms with Crippen LogP contribution in [-0.2, 0) is 21.3 Å². The van der Waals surface area contributed by atoms with Crippen molar-refractivity contribution in [3.05, 3.63) is 30.9 Å². The van der Waals surface area contributed by atoms with Gasteiger partial charge in [0, 0.05) is 32.0 Å². The summed E-state index contributed by atoms with van der Waals surface area (Å²) >= 11 is 0. The molecule has 8 nitrogen and oxygen atoms in total. The molecule has 3 heterocycles. The summed E-state index contributed by atoms with van der Waals surface area (Å²) in [6, 6.07) is 3.41. The Balaban J connectivity index is 1.84. The molecule has 0 bridgehead atoms. The first-order valence-corrected chi connectivity index (χ1v) is 9.41. The Morgan fingerprint density at radius 3 is 2.83 bits per heavy atom. The van der Waals surface area contributed by atoms with E-state index in [2.05, 4.69) is 14.7 Å². The van der Waals surface area contributed by atoms with Crippen LogP contribution >= 0.6 is 0 Å². The van der Waals surface area contributed by atoms with Crippen LogP contribution in [0.1, 0.15) is 13.3 Å². The van der Waals surface area contributed by atoms with E-state index in [-0.39, 0.29) is 5.03 Å². The number of pyridine rings is 1. The Labute approximate surface area is 141 Å². The Bertz CT molecular complexity index is 784. The summed E-state index contributed by atoms with van der Waals surface area (Å²) in [5, 5.41) is 0.00716. The molecular formula is C15H21N5O3S. The van der Waals surface area contributed by atoms with Gasteiger partial charge in [0.15, 0.2) is 10.8 Å². The molecule has 0 unspecified atom stereocenters. The van der Waals surface area contributed by atoms with Crippen molar-refractivity contribution in [3.63, 3.8) is 0 Å². The molecule has 2 aromatic heterocycles. The van der Waals surface area contributed by atoms with Gasteiger partial charge in [0.05, 0.1) is 25.2 Å². The van der Waals surface area contributed by atoms with E-state index in [0.717, 1.165) is 13.0 Å². The molecule has 0 spiro atoms. The lowest BCUT2D eigenvalue weighted by atomic mass is 10.3. The fourth-order valence-electron chi connectivity index (χ4n) is 2.56. The van der Waals surface area contributed by atoms with Crippen LogP contribution in [0, 0.1) is 0 Å².